The van der Waals surface area contributed by atoms with Gasteiger partial charge >= 0.3 is 0 Å². The normalized spacial score (nSPS) is 23.9. The van der Waals surface area contributed by atoms with Crippen molar-refractivity contribution >= 4 is 22.2 Å². The molecule has 1 heterocycles. The second-order valence-corrected chi connectivity index (χ2v) is 5.47. The summed E-state index contributed by atoms with van der Waals surface area (Å²) in [6.45, 7) is 5.03. The fraction of sp³-hybridized carbons (Fsp3) is 0.353. The maximum Gasteiger partial charge on any atom is 0.139 e. The van der Waals surface area contributed by atoms with E-state index in [1.54, 1.807) is 0 Å². The largest absolute Gasteiger partial charge is 0.368 e. The second kappa shape index (κ2) is 4.69. The van der Waals surface area contributed by atoms with E-state index >= 15 is 0 Å². The Morgan fingerprint density at radius 2 is 1.79 bits per heavy atom. The molecule has 2 unspecified atom stereocenters. The van der Waals surface area contributed by atoms with Gasteiger partial charge in [0.15, 0.2) is 0 Å². The van der Waals surface area contributed by atoms with Gasteiger partial charge in [0.1, 0.15) is 5.78 Å². The summed E-state index contributed by atoms with van der Waals surface area (Å²) < 4.78 is 0. The average molecular weight is 253 g/mol. The molecule has 98 valence electrons. The van der Waals surface area contributed by atoms with E-state index in [1.807, 2.05) is 6.92 Å². The summed E-state index contributed by atoms with van der Waals surface area (Å²) in [5, 5.41) is 2.52. The van der Waals surface area contributed by atoms with Gasteiger partial charge in [-0.3, -0.25) is 4.79 Å². The van der Waals surface area contributed by atoms with Gasteiger partial charge in [0.05, 0.1) is 0 Å². The third-order valence-corrected chi connectivity index (χ3v) is 4.39. The standard InChI is InChI=1S/C17H19NO/c1-12-13(2)18(10-9-17(12)19)16-8-7-14-5-3-4-6-15(14)11-16/h3-8,11-13H,9-10H2,1-2H3. The third kappa shape index (κ3) is 2.12. The van der Waals surface area contributed by atoms with E-state index in [0.717, 1.165) is 6.54 Å². The van der Waals surface area contributed by atoms with Crippen molar-refractivity contribution in [3.63, 3.8) is 0 Å². The lowest BCUT2D eigenvalue weighted by Crippen LogP contribution is -2.46. The third-order valence-electron chi connectivity index (χ3n) is 4.39. The van der Waals surface area contributed by atoms with Crippen LogP contribution in [0.1, 0.15) is 20.3 Å². The van der Waals surface area contributed by atoms with Crippen molar-refractivity contribution in [2.45, 2.75) is 26.3 Å². The molecule has 1 aliphatic rings. The number of hydrogen-bond acceptors (Lipinski definition) is 2. The molecule has 0 saturated carbocycles. The molecule has 0 aromatic heterocycles. The van der Waals surface area contributed by atoms with E-state index in [2.05, 4.69) is 54.3 Å². The highest BCUT2D eigenvalue weighted by Crippen LogP contribution is 2.29. The fourth-order valence-electron chi connectivity index (χ4n) is 2.92. The van der Waals surface area contributed by atoms with Crippen LogP contribution in [0, 0.1) is 5.92 Å². The number of carbonyl (C=O) groups is 1. The molecular formula is C17H19NO. The lowest BCUT2D eigenvalue weighted by atomic mass is 9.90. The zero-order valence-electron chi connectivity index (χ0n) is 11.5. The molecule has 2 heteroatoms. The van der Waals surface area contributed by atoms with Crippen LogP contribution in [0.15, 0.2) is 42.5 Å². The van der Waals surface area contributed by atoms with Crippen LogP contribution in [0.3, 0.4) is 0 Å². The van der Waals surface area contributed by atoms with Gasteiger partial charge in [0, 0.05) is 30.6 Å². The Bertz CT molecular complexity index is 619. The van der Waals surface area contributed by atoms with Gasteiger partial charge < -0.3 is 4.90 Å². The number of Topliss-reactive ketones (excluding diaryl/α,β-unsaturated/α-hetero) is 1. The number of benzene rings is 2. The lowest BCUT2D eigenvalue weighted by Gasteiger charge is -2.38. The van der Waals surface area contributed by atoms with Crippen molar-refractivity contribution < 1.29 is 4.79 Å². The predicted octanol–water partition coefficient (Wildman–Crippen LogP) is 3.64. The molecule has 1 fully saturated rings. The molecule has 0 amide bonds. The van der Waals surface area contributed by atoms with E-state index in [9.17, 15) is 4.79 Å². The summed E-state index contributed by atoms with van der Waals surface area (Å²) in [6, 6.07) is 15.2. The predicted molar refractivity (Wildman–Crippen MR) is 79.5 cm³/mol. The molecule has 1 aliphatic heterocycles. The smallest absolute Gasteiger partial charge is 0.139 e. The Balaban J connectivity index is 1.97. The van der Waals surface area contributed by atoms with Crippen molar-refractivity contribution in [1.82, 2.24) is 0 Å². The molecule has 0 aliphatic carbocycles. The van der Waals surface area contributed by atoms with Crippen LogP contribution in [-0.4, -0.2) is 18.4 Å². The summed E-state index contributed by atoms with van der Waals surface area (Å²) >= 11 is 0. The maximum absolute atomic E-state index is 11.8. The molecule has 0 N–H and O–H groups in total. The number of rotatable bonds is 1. The molecule has 1 saturated heterocycles. The van der Waals surface area contributed by atoms with E-state index in [-0.39, 0.29) is 12.0 Å². The Morgan fingerprint density at radius 1 is 1.05 bits per heavy atom. The first kappa shape index (κ1) is 12.2. The average Bonchev–Trinajstić information content (AvgIpc) is 2.44. The van der Waals surface area contributed by atoms with Gasteiger partial charge in [-0.15, -0.1) is 0 Å². The van der Waals surface area contributed by atoms with Gasteiger partial charge in [0.2, 0.25) is 0 Å². The molecule has 0 spiro atoms. The molecule has 2 aromatic rings. The van der Waals surface area contributed by atoms with Crippen LogP contribution in [0.2, 0.25) is 0 Å². The Morgan fingerprint density at radius 3 is 2.58 bits per heavy atom. The van der Waals surface area contributed by atoms with E-state index < -0.39 is 0 Å². The number of carbonyl (C=O) groups excluding carboxylic acids is 1. The number of ketones is 1. The topological polar surface area (TPSA) is 20.3 Å². The van der Waals surface area contributed by atoms with Gasteiger partial charge in [-0.2, -0.15) is 0 Å². The van der Waals surface area contributed by atoms with Gasteiger partial charge in [-0.1, -0.05) is 37.3 Å². The zero-order valence-corrected chi connectivity index (χ0v) is 11.5. The van der Waals surface area contributed by atoms with Crippen molar-refractivity contribution in [3.8, 4) is 0 Å². The first-order chi connectivity index (χ1) is 9.16. The number of nitrogens with zero attached hydrogens (tertiary/aromatic N) is 1. The molecule has 19 heavy (non-hydrogen) atoms. The van der Waals surface area contributed by atoms with Crippen molar-refractivity contribution in [2.24, 2.45) is 5.92 Å². The van der Waals surface area contributed by atoms with E-state index in [1.165, 1.54) is 16.5 Å². The van der Waals surface area contributed by atoms with Crippen LogP contribution in [0.4, 0.5) is 5.69 Å². The molecule has 2 atom stereocenters. The highest BCUT2D eigenvalue weighted by Gasteiger charge is 2.30. The molecule has 0 bridgehead atoms. The maximum atomic E-state index is 11.8. The van der Waals surface area contributed by atoms with E-state index in [4.69, 9.17) is 0 Å². The second-order valence-electron chi connectivity index (χ2n) is 5.47. The zero-order chi connectivity index (χ0) is 13.4. The monoisotopic (exact) mass is 253 g/mol. The summed E-state index contributed by atoms with van der Waals surface area (Å²) in [5.41, 5.74) is 1.23. The fourth-order valence-corrected chi connectivity index (χ4v) is 2.92. The van der Waals surface area contributed by atoms with Gasteiger partial charge in [0.25, 0.3) is 0 Å². The SMILES string of the molecule is CC1C(=O)CCN(c2ccc3ccccc3c2)C1C. The summed E-state index contributed by atoms with van der Waals surface area (Å²) in [7, 11) is 0. The highest BCUT2D eigenvalue weighted by molar-refractivity contribution is 5.87. The molecule has 2 nitrogen and oxygen atoms in total. The molecule has 0 radical (unpaired) electrons. The summed E-state index contributed by atoms with van der Waals surface area (Å²) in [6.07, 6.45) is 0.665. The van der Waals surface area contributed by atoms with Gasteiger partial charge in [-0.05, 0) is 29.8 Å². The minimum absolute atomic E-state index is 0.125. The van der Waals surface area contributed by atoms with Crippen LogP contribution < -0.4 is 4.90 Å². The van der Waals surface area contributed by atoms with Crippen molar-refractivity contribution in [2.75, 3.05) is 11.4 Å². The number of anilines is 1. The Hall–Kier alpha value is -1.83. The molecule has 2 aromatic carbocycles. The summed E-state index contributed by atoms with van der Waals surface area (Å²) in [4.78, 5) is 14.1. The van der Waals surface area contributed by atoms with Crippen molar-refractivity contribution in [3.05, 3.63) is 42.5 Å². The first-order valence-corrected chi connectivity index (χ1v) is 6.95. The summed E-state index contributed by atoms with van der Waals surface area (Å²) in [5.74, 6) is 0.518. The van der Waals surface area contributed by atoms with Crippen LogP contribution in [0.25, 0.3) is 10.8 Å². The number of fused-ring (bicyclic) bond motifs is 1. The van der Waals surface area contributed by atoms with Gasteiger partial charge in [-0.25, -0.2) is 0 Å². The molecular weight excluding hydrogens is 234 g/mol. The highest BCUT2D eigenvalue weighted by atomic mass is 16.1. The Labute approximate surface area is 114 Å². The van der Waals surface area contributed by atoms with Crippen LogP contribution in [-0.2, 0) is 4.79 Å². The van der Waals surface area contributed by atoms with Crippen molar-refractivity contribution in [1.29, 1.82) is 0 Å². The number of hydrogen-bond donors (Lipinski definition) is 0. The van der Waals surface area contributed by atoms with E-state index in [0.29, 0.717) is 12.2 Å². The first-order valence-electron chi connectivity index (χ1n) is 6.95. The minimum Gasteiger partial charge on any atom is -0.368 e. The molecule has 3 rings (SSSR count). The quantitative estimate of drug-likeness (QED) is 0.773. The van der Waals surface area contributed by atoms with Crippen LogP contribution >= 0.6 is 0 Å². The van der Waals surface area contributed by atoms with Crippen LogP contribution in [0.5, 0.6) is 0 Å². The minimum atomic E-state index is 0.125. The number of piperidine rings is 1. The lowest BCUT2D eigenvalue weighted by molar-refractivity contribution is -0.123. The Kier molecular flexibility index (Phi) is 3.02.